The van der Waals surface area contributed by atoms with Gasteiger partial charge in [-0.1, -0.05) is 18.2 Å². The molecule has 1 saturated heterocycles. The second-order valence-corrected chi connectivity index (χ2v) is 9.74. The van der Waals surface area contributed by atoms with Crippen molar-refractivity contribution < 1.29 is 18.7 Å². The number of pyridine rings is 1. The molecule has 3 heterocycles. The van der Waals surface area contributed by atoms with Gasteiger partial charge in [-0.05, 0) is 61.1 Å². The normalized spacial score (nSPS) is 13.8. The molecule has 0 bridgehead atoms. The molecule has 8 nitrogen and oxygen atoms in total. The molecule has 0 radical (unpaired) electrons. The molecular formula is C30H28FN5O3. The maximum Gasteiger partial charge on any atom is 0.257 e. The van der Waals surface area contributed by atoms with Crippen molar-refractivity contribution >= 4 is 28.5 Å². The van der Waals surface area contributed by atoms with E-state index >= 15 is 0 Å². The summed E-state index contributed by atoms with van der Waals surface area (Å²) in [4.78, 5) is 32.4. The lowest BCUT2D eigenvalue weighted by Gasteiger charge is -2.32. The van der Waals surface area contributed by atoms with Crippen LogP contribution in [-0.2, 0) is 7.05 Å². The lowest BCUT2D eigenvalue weighted by Crippen LogP contribution is -2.38. The van der Waals surface area contributed by atoms with Crippen LogP contribution in [0.2, 0.25) is 0 Å². The highest BCUT2D eigenvalue weighted by Crippen LogP contribution is 2.41. The number of carbonyl (C=O) groups is 2. The molecule has 0 spiro atoms. The number of rotatable bonds is 5. The first kappa shape index (κ1) is 25.9. The molecular weight excluding hydrogens is 497 g/mol. The SMILES string of the molecule is COc1c(NC(=O)c2cccc(C#N)c2)cnc2c1c(C1CCN(C(=O)c3c(C)cccc3F)CC1)cn2C. The molecule has 2 amide bonds. The average Bonchev–Trinajstić information content (AvgIpc) is 3.29. The van der Waals surface area contributed by atoms with Gasteiger partial charge in [0.05, 0.1) is 35.9 Å². The number of benzene rings is 2. The van der Waals surface area contributed by atoms with Gasteiger partial charge in [-0.2, -0.15) is 5.26 Å². The number of amides is 2. The van der Waals surface area contributed by atoms with Gasteiger partial charge in [0, 0.05) is 31.9 Å². The predicted octanol–water partition coefficient (Wildman–Crippen LogP) is 5.17. The molecule has 0 unspecified atom stereocenters. The minimum Gasteiger partial charge on any atom is -0.494 e. The van der Waals surface area contributed by atoms with Crippen LogP contribution in [0.4, 0.5) is 10.1 Å². The number of hydrogen-bond acceptors (Lipinski definition) is 5. The van der Waals surface area contributed by atoms with Crippen LogP contribution in [0.5, 0.6) is 5.75 Å². The highest BCUT2D eigenvalue weighted by atomic mass is 19.1. The Morgan fingerprint density at radius 2 is 1.92 bits per heavy atom. The Bertz CT molecular complexity index is 1610. The van der Waals surface area contributed by atoms with Gasteiger partial charge in [0.2, 0.25) is 0 Å². The Hall–Kier alpha value is -4.71. The van der Waals surface area contributed by atoms with E-state index in [1.54, 1.807) is 55.5 Å². The Morgan fingerprint density at radius 1 is 1.18 bits per heavy atom. The first-order chi connectivity index (χ1) is 18.8. The number of carbonyl (C=O) groups excluding carboxylic acids is 2. The van der Waals surface area contributed by atoms with Crippen molar-refractivity contribution in [2.24, 2.45) is 7.05 Å². The number of likely N-dealkylation sites (tertiary alicyclic amines) is 1. The molecule has 0 atom stereocenters. The van der Waals surface area contributed by atoms with Gasteiger partial charge < -0.3 is 19.5 Å². The fourth-order valence-electron chi connectivity index (χ4n) is 5.34. The molecule has 198 valence electrons. The van der Waals surface area contributed by atoms with Crippen molar-refractivity contribution in [3.8, 4) is 11.8 Å². The van der Waals surface area contributed by atoms with E-state index < -0.39 is 5.82 Å². The van der Waals surface area contributed by atoms with Crippen molar-refractivity contribution in [1.82, 2.24) is 14.5 Å². The van der Waals surface area contributed by atoms with Crippen LogP contribution in [0.15, 0.2) is 54.9 Å². The molecule has 1 aliphatic heterocycles. The Morgan fingerprint density at radius 3 is 2.62 bits per heavy atom. The minimum atomic E-state index is -0.499. The molecule has 1 N–H and O–H groups in total. The smallest absolute Gasteiger partial charge is 0.257 e. The van der Waals surface area contributed by atoms with Gasteiger partial charge >= 0.3 is 0 Å². The van der Waals surface area contributed by atoms with Crippen molar-refractivity contribution in [3.05, 3.63) is 88.5 Å². The summed E-state index contributed by atoms with van der Waals surface area (Å²) < 4.78 is 22.1. The molecule has 4 aromatic rings. The van der Waals surface area contributed by atoms with Crippen molar-refractivity contribution in [2.75, 3.05) is 25.5 Å². The standard InChI is InChI=1S/C30H28FN5O3/c1-18-6-4-9-23(31)25(18)30(38)36-12-10-20(11-13-36)22-17-35(2)28-26(22)27(39-3)24(16-33-28)34-29(37)21-8-5-7-19(14-21)15-32/h4-9,14,16-17,20H,10-13H2,1-3H3,(H,34,37). The summed E-state index contributed by atoms with van der Waals surface area (Å²) in [5.41, 5.74) is 3.66. The third-order valence-electron chi connectivity index (χ3n) is 7.33. The van der Waals surface area contributed by atoms with E-state index in [2.05, 4.69) is 10.3 Å². The third kappa shape index (κ3) is 4.81. The summed E-state index contributed by atoms with van der Waals surface area (Å²) in [5.74, 6) is -0.541. The second-order valence-electron chi connectivity index (χ2n) is 9.74. The largest absolute Gasteiger partial charge is 0.494 e. The zero-order valence-corrected chi connectivity index (χ0v) is 22.0. The van der Waals surface area contributed by atoms with E-state index in [-0.39, 0.29) is 23.3 Å². The number of aryl methyl sites for hydroxylation is 2. The highest BCUT2D eigenvalue weighted by Gasteiger charge is 2.30. The number of halogens is 1. The summed E-state index contributed by atoms with van der Waals surface area (Å²) in [7, 11) is 3.46. The van der Waals surface area contributed by atoms with E-state index in [0.717, 1.165) is 10.9 Å². The van der Waals surface area contributed by atoms with Crippen LogP contribution < -0.4 is 10.1 Å². The number of hydrogen-bond donors (Lipinski definition) is 1. The van der Waals surface area contributed by atoms with Gasteiger partial charge in [0.1, 0.15) is 17.2 Å². The van der Waals surface area contributed by atoms with Crippen LogP contribution in [0.3, 0.4) is 0 Å². The summed E-state index contributed by atoms with van der Waals surface area (Å²) in [6, 6.07) is 13.2. The molecule has 1 aliphatic rings. The Balaban J connectivity index is 1.41. The van der Waals surface area contributed by atoms with E-state index in [1.165, 1.54) is 12.1 Å². The number of aromatic nitrogens is 2. The number of anilines is 1. The van der Waals surface area contributed by atoms with Crippen LogP contribution in [0, 0.1) is 24.1 Å². The van der Waals surface area contributed by atoms with Crippen LogP contribution >= 0.6 is 0 Å². The zero-order valence-electron chi connectivity index (χ0n) is 22.0. The van der Waals surface area contributed by atoms with Gasteiger partial charge in [-0.15, -0.1) is 0 Å². The molecule has 39 heavy (non-hydrogen) atoms. The quantitative estimate of drug-likeness (QED) is 0.387. The molecule has 1 fully saturated rings. The van der Waals surface area contributed by atoms with Crippen LogP contribution in [0.1, 0.15) is 56.2 Å². The summed E-state index contributed by atoms with van der Waals surface area (Å²) in [6.07, 6.45) is 4.97. The third-order valence-corrected chi connectivity index (χ3v) is 7.33. The van der Waals surface area contributed by atoms with E-state index in [0.29, 0.717) is 59.7 Å². The molecule has 5 rings (SSSR count). The van der Waals surface area contributed by atoms with E-state index in [4.69, 9.17) is 10.00 Å². The monoisotopic (exact) mass is 525 g/mol. The Kier molecular flexibility index (Phi) is 7.03. The van der Waals surface area contributed by atoms with Crippen molar-refractivity contribution in [3.63, 3.8) is 0 Å². The van der Waals surface area contributed by atoms with Gasteiger partial charge in [-0.3, -0.25) is 9.59 Å². The van der Waals surface area contributed by atoms with Crippen LogP contribution in [-0.4, -0.2) is 46.5 Å². The number of methoxy groups -OCH3 is 1. The van der Waals surface area contributed by atoms with Gasteiger partial charge in [0.25, 0.3) is 11.8 Å². The maximum atomic E-state index is 14.4. The van der Waals surface area contributed by atoms with Crippen molar-refractivity contribution in [2.45, 2.75) is 25.7 Å². The van der Waals surface area contributed by atoms with Crippen molar-refractivity contribution in [1.29, 1.82) is 5.26 Å². The van der Waals surface area contributed by atoms with E-state index in [9.17, 15) is 14.0 Å². The maximum absolute atomic E-state index is 14.4. The summed E-state index contributed by atoms with van der Waals surface area (Å²) in [5, 5.41) is 12.8. The predicted molar refractivity (Wildman–Crippen MR) is 145 cm³/mol. The first-order valence-corrected chi connectivity index (χ1v) is 12.7. The topological polar surface area (TPSA) is 100 Å². The lowest BCUT2D eigenvalue weighted by atomic mass is 9.88. The average molecular weight is 526 g/mol. The molecule has 0 saturated carbocycles. The van der Waals surface area contributed by atoms with Gasteiger partial charge in [0.15, 0.2) is 5.75 Å². The number of ether oxygens (including phenoxy) is 1. The fourth-order valence-corrected chi connectivity index (χ4v) is 5.34. The number of nitrogens with zero attached hydrogens (tertiary/aromatic N) is 4. The second kappa shape index (κ2) is 10.6. The lowest BCUT2D eigenvalue weighted by molar-refractivity contribution is 0.0707. The highest BCUT2D eigenvalue weighted by molar-refractivity contribution is 6.07. The number of piperidine rings is 1. The number of nitriles is 1. The first-order valence-electron chi connectivity index (χ1n) is 12.7. The van der Waals surface area contributed by atoms with Gasteiger partial charge in [-0.25, -0.2) is 9.37 Å². The summed E-state index contributed by atoms with van der Waals surface area (Å²) in [6.45, 7) is 2.74. The molecule has 0 aliphatic carbocycles. The fraction of sp³-hybridized carbons (Fsp3) is 0.267. The number of nitrogens with one attached hydrogen (secondary N) is 1. The molecule has 2 aromatic carbocycles. The molecule has 2 aromatic heterocycles. The van der Waals surface area contributed by atoms with Crippen LogP contribution in [0.25, 0.3) is 11.0 Å². The molecule has 9 heteroatoms. The van der Waals surface area contributed by atoms with E-state index in [1.807, 2.05) is 23.9 Å². The zero-order chi connectivity index (χ0) is 27.7. The Labute approximate surface area is 225 Å². The minimum absolute atomic E-state index is 0.119. The number of fused-ring (bicyclic) bond motifs is 1. The summed E-state index contributed by atoms with van der Waals surface area (Å²) >= 11 is 0.